The summed E-state index contributed by atoms with van der Waals surface area (Å²) in [6.07, 6.45) is -14.5. The van der Waals surface area contributed by atoms with Crippen LogP contribution in [-0.2, 0) is 4.79 Å². The highest BCUT2D eigenvalue weighted by Gasteiger charge is 3.01. The van der Waals surface area contributed by atoms with Crippen LogP contribution in [0.1, 0.15) is 6.42 Å². The molecule has 0 rings (SSSR count). The van der Waals surface area contributed by atoms with Crippen LogP contribution >= 0.6 is 11.8 Å². The highest BCUT2D eigenvalue weighted by atomic mass is 32.2. The van der Waals surface area contributed by atoms with E-state index < -0.39 is 131 Å². The summed E-state index contributed by atoms with van der Waals surface area (Å²) in [5.74, 6) is -126. The third-order valence-electron chi connectivity index (χ3n) is 6.66. The number of rotatable bonds is 19. The lowest BCUT2D eigenvalue weighted by atomic mass is 9.83. The summed E-state index contributed by atoms with van der Waals surface area (Å²) in [6.45, 7) is -2.23. The van der Waals surface area contributed by atoms with E-state index in [-0.39, 0.29) is 0 Å². The number of carbonyl (C=O) groups is 1. The Balaban J connectivity index is 7.48. The zero-order chi connectivity index (χ0) is 44.6. The summed E-state index contributed by atoms with van der Waals surface area (Å²) in [5, 5.41) is 23.3. The molecule has 0 aliphatic heterocycles. The Hall–Kier alpha value is -2.29. The molecular formula is C20H11F29O4S. The maximum absolute atomic E-state index is 14.2. The van der Waals surface area contributed by atoms with Gasteiger partial charge in [0, 0.05) is 5.75 Å². The van der Waals surface area contributed by atoms with E-state index in [0.717, 1.165) is 0 Å². The number of halogens is 29. The SMILES string of the molecule is O=C(O)CCSC(CO)C(O)C(F)(F)C(F)(F)C(F)(F)C(F)(F)C(F)(F)C(F)(F)C(F)(F)C(F)(F)C(F)(F)C(F)(F)C(F)(F)C(F)(F)C(F)(F)C(F)(F)F. The van der Waals surface area contributed by atoms with Crippen LogP contribution in [0.25, 0.3) is 0 Å². The Labute approximate surface area is 279 Å². The van der Waals surface area contributed by atoms with Gasteiger partial charge < -0.3 is 15.3 Å². The van der Waals surface area contributed by atoms with Crippen LogP contribution in [0.3, 0.4) is 0 Å². The summed E-state index contributed by atoms with van der Waals surface area (Å²) in [7, 11) is 0. The van der Waals surface area contributed by atoms with Crippen LogP contribution in [0.15, 0.2) is 0 Å². The van der Waals surface area contributed by atoms with Gasteiger partial charge in [-0.1, -0.05) is 0 Å². The van der Waals surface area contributed by atoms with E-state index in [1.807, 2.05) is 0 Å². The van der Waals surface area contributed by atoms with Gasteiger partial charge in [0.25, 0.3) is 0 Å². The first-order chi connectivity index (χ1) is 23.0. The van der Waals surface area contributed by atoms with Crippen LogP contribution < -0.4 is 0 Å². The average molecular weight is 898 g/mol. The summed E-state index contributed by atoms with van der Waals surface area (Å²) in [5.41, 5.74) is 0. The van der Waals surface area contributed by atoms with Crippen LogP contribution in [0.5, 0.6) is 0 Å². The molecule has 0 spiro atoms. The maximum atomic E-state index is 14.2. The number of aliphatic hydroxyl groups is 2. The first-order valence-electron chi connectivity index (χ1n) is 12.1. The van der Waals surface area contributed by atoms with E-state index in [1.165, 1.54) is 0 Å². The van der Waals surface area contributed by atoms with Crippen molar-refractivity contribution in [3.05, 3.63) is 0 Å². The van der Waals surface area contributed by atoms with Gasteiger partial charge in [-0.2, -0.15) is 139 Å². The van der Waals surface area contributed by atoms with Gasteiger partial charge in [-0.05, 0) is 0 Å². The van der Waals surface area contributed by atoms with E-state index in [0.29, 0.717) is 0 Å². The number of carboxylic acids is 1. The van der Waals surface area contributed by atoms with Crippen molar-refractivity contribution >= 4 is 17.7 Å². The fraction of sp³-hybridized carbons (Fsp3) is 0.950. The topological polar surface area (TPSA) is 77.8 Å². The molecule has 4 nitrogen and oxygen atoms in total. The molecule has 0 aromatic carbocycles. The van der Waals surface area contributed by atoms with Gasteiger partial charge in [0.1, 0.15) is 6.10 Å². The lowest BCUT2D eigenvalue weighted by Crippen LogP contribution is -2.79. The van der Waals surface area contributed by atoms with Gasteiger partial charge in [0.15, 0.2) is 0 Å². The van der Waals surface area contributed by atoms with Gasteiger partial charge in [-0.25, -0.2) is 0 Å². The normalized spacial score (nSPS) is 17.5. The van der Waals surface area contributed by atoms with Crippen LogP contribution in [0.2, 0.25) is 0 Å². The molecule has 0 amide bonds. The van der Waals surface area contributed by atoms with Crippen molar-refractivity contribution in [2.75, 3.05) is 12.4 Å². The second-order valence-electron chi connectivity index (χ2n) is 10.2. The van der Waals surface area contributed by atoms with Crippen molar-refractivity contribution < 1.29 is 147 Å². The van der Waals surface area contributed by atoms with Crippen molar-refractivity contribution in [2.24, 2.45) is 0 Å². The van der Waals surface area contributed by atoms with Crippen LogP contribution in [0, 0.1) is 0 Å². The molecular weight excluding hydrogens is 887 g/mol. The fourth-order valence-corrected chi connectivity index (χ4v) is 4.37. The molecule has 2 unspecified atom stereocenters. The Bertz CT molecular complexity index is 1340. The standard InChI is InChI=1S/C20H11F29O4S/c21-7(22,6(53)4(3-50)54-2-1-5(51)52)8(23,24)9(25,26)10(27,28)11(29,30)12(31,32)13(33,34)14(35,36)15(37,38)16(39,40)17(41,42)18(43,44)19(45,46)20(47,48)49/h4,6,50,53H,1-3H2,(H,51,52). The summed E-state index contributed by atoms with van der Waals surface area (Å²) in [6, 6.07) is 0. The quantitative estimate of drug-likeness (QED) is 0.113. The van der Waals surface area contributed by atoms with Crippen molar-refractivity contribution in [3.63, 3.8) is 0 Å². The van der Waals surface area contributed by atoms with Crippen LogP contribution in [-0.4, -0.2) is 128 Å². The average Bonchev–Trinajstić information content (AvgIpc) is 2.96. The second-order valence-corrected chi connectivity index (χ2v) is 11.5. The zero-order valence-electron chi connectivity index (χ0n) is 23.9. The molecule has 3 N–H and O–H groups in total. The second kappa shape index (κ2) is 14.0. The number of carboxylic acid groups (broad SMARTS) is 1. The predicted molar refractivity (Wildman–Crippen MR) is 112 cm³/mol. The molecule has 0 heterocycles. The number of thioether (sulfide) groups is 1. The number of hydrogen-bond acceptors (Lipinski definition) is 4. The van der Waals surface area contributed by atoms with Gasteiger partial charge in [0.2, 0.25) is 0 Å². The minimum atomic E-state index is -10.0. The Kier molecular flexibility index (Phi) is 13.4. The van der Waals surface area contributed by atoms with E-state index in [2.05, 4.69) is 0 Å². The summed E-state index contributed by atoms with van der Waals surface area (Å²) >= 11 is -0.662. The third kappa shape index (κ3) is 6.70. The predicted octanol–water partition coefficient (Wildman–Crippen LogP) is 8.74. The van der Waals surface area contributed by atoms with E-state index >= 15 is 0 Å². The largest absolute Gasteiger partial charge is 0.481 e. The maximum Gasteiger partial charge on any atom is 0.460 e. The number of alkyl halides is 29. The minimum Gasteiger partial charge on any atom is -0.481 e. The first kappa shape index (κ1) is 51.7. The summed E-state index contributed by atoms with van der Waals surface area (Å²) < 4.78 is 395. The van der Waals surface area contributed by atoms with Gasteiger partial charge in [-0.15, -0.1) is 0 Å². The number of aliphatic carboxylic acids is 1. The molecule has 0 saturated heterocycles. The fourth-order valence-electron chi connectivity index (χ4n) is 3.32. The van der Waals surface area contributed by atoms with E-state index in [4.69, 9.17) is 10.2 Å². The molecule has 0 aliphatic carbocycles. The molecule has 2 atom stereocenters. The Morgan fingerprint density at radius 1 is 0.426 bits per heavy atom. The molecule has 0 bridgehead atoms. The summed E-state index contributed by atoms with van der Waals surface area (Å²) in [4.78, 5) is 10.4. The van der Waals surface area contributed by atoms with Crippen molar-refractivity contribution in [1.82, 2.24) is 0 Å². The van der Waals surface area contributed by atoms with Crippen molar-refractivity contribution in [3.8, 4) is 0 Å². The lowest BCUT2D eigenvalue weighted by Gasteiger charge is -2.46. The number of aliphatic hydroxyl groups excluding tert-OH is 2. The molecule has 34 heteroatoms. The molecule has 0 aromatic rings. The van der Waals surface area contributed by atoms with Crippen LogP contribution in [0.4, 0.5) is 127 Å². The molecule has 0 aliphatic rings. The minimum absolute atomic E-state index is 0.662. The Morgan fingerprint density at radius 2 is 0.648 bits per heavy atom. The van der Waals surface area contributed by atoms with Gasteiger partial charge in [0.05, 0.1) is 18.3 Å². The number of hydrogen-bond donors (Lipinski definition) is 3. The molecule has 0 fully saturated rings. The monoisotopic (exact) mass is 898 g/mol. The highest BCUT2D eigenvalue weighted by molar-refractivity contribution is 8.00. The Morgan fingerprint density at radius 3 is 0.852 bits per heavy atom. The molecule has 0 aromatic heterocycles. The third-order valence-corrected chi connectivity index (χ3v) is 7.94. The smallest absolute Gasteiger partial charge is 0.460 e. The zero-order valence-corrected chi connectivity index (χ0v) is 24.7. The van der Waals surface area contributed by atoms with E-state index in [9.17, 15) is 137 Å². The van der Waals surface area contributed by atoms with Gasteiger partial charge in [-0.3, -0.25) is 4.79 Å². The molecule has 0 saturated carbocycles. The molecule has 324 valence electrons. The van der Waals surface area contributed by atoms with Gasteiger partial charge >= 0.3 is 89.1 Å². The van der Waals surface area contributed by atoms with Crippen molar-refractivity contribution in [1.29, 1.82) is 0 Å². The van der Waals surface area contributed by atoms with E-state index in [1.54, 1.807) is 0 Å². The molecule has 54 heavy (non-hydrogen) atoms. The lowest BCUT2D eigenvalue weighted by molar-refractivity contribution is -0.488. The highest BCUT2D eigenvalue weighted by Crippen LogP contribution is 2.69. The molecule has 0 radical (unpaired) electrons. The van der Waals surface area contributed by atoms with Crippen molar-refractivity contribution in [2.45, 2.75) is 101 Å². The first-order valence-corrected chi connectivity index (χ1v) is 13.2.